The van der Waals surface area contributed by atoms with E-state index in [1.807, 2.05) is 6.07 Å². The number of benzene rings is 9. The molecule has 0 N–H and O–H groups in total. The summed E-state index contributed by atoms with van der Waals surface area (Å²) in [5.41, 5.74) is 15.0. The highest BCUT2D eigenvalue weighted by Crippen LogP contribution is 2.46. The summed E-state index contributed by atoms with van der Waals surface area (Å²) in [4.78, 5) is 4.74. The van der Waals surface area contributed by atoms with E-state index in [1.165, 1.54) is 22.3 Å². The lowest BCUT2D eigenvalue weighted by Gasteiger charge is -2.30. The molecule has 310 valence electrons. The minimum Gasteiger partial charge on any atom is -0.456 e. The normalized spacial score (nSPS) is 11.9. The first-order valence-corrected chi connectivity index (χ1v) is 22.2. The van der Waals surface area contributed by atoms with Crippen molar-refractivity contribution in [2.24, 2.45) is 0 Å². The quantitative estimate of drug-likeness (QED) is 0.153. The number of rotatable bonds is 8. The molecule has 0 atom stereocenters. The second-order valence-corrected chi connectivity index (χ2v) is 17.7. The van der Waals surface area contributed by atoms with Gasteiger partial charge in [-0.05, 0) is 142 Å². The first-order valence-electron chi connectivity index (χ1n) is 22.2. The van der Waals surface area contributed by atoms with E-state index in [0.717, 1.165) is 88.4 Å². The van der Waals surface area contributed by atoms with Crippen LogP contribution in [0.5, 0.6) is 0 Å². The van der Waals surface area contributed by atoms with Gasteiger partial charge >= 0.3 is 0 Å². The lowest BCUT2D eigenvalue weighted by molar-refractivity contribution is 0.656. The molecule has 0 aliphatic rings. The molecule has 5 nitrogen and oxygen atoms in total. The van der Waals surface area contributed by atoms with Gasteiger partial charge in [0.15, 0.2) is 0 Å². The Morgan fingerprint density at radius 3 is 1.23 bits per heavy atom. The Morgan fingerprint density at radius 1 is 0.422 bits per heavy atom. The fraction of sp³-hybridized carbons (Fsp3) is 0.136. The molecule has 0 fully saturated rings. The summed E-state index contributed by atoms with van der Waals surface area (Å²) in [5, 5.41) is 18.6. The minimum atomic E-state index is 0.343. The SMILES string of the molecule is Cc1ccccc1N(c1ccc2cc3c(cc2c1)oc1cc2oc4cc5cc(N(c6ccccc6C)c6ccccc6C(C)C)ccc5cc4c2c(C#N)c13)c1ccccc1C(C)C. The standard InChI is InChI=1S/C59H47N3O2/c1-35(2)45-17-9-13-21-52(45)61(50-19-11-7-15-37(50)5)43-25-23-39-29-47-54(31-41(39)27-43)63-56-33-57-59(49(34-60)58(47)56)48-30-40-24-26-44(28-42(40)32-55(48)64-57)62(51-20-12-8-16-38(51)6)53-22-14-10-18-46(53)36(3)4/h7-33,35-36H,1-6H3. The van der Waals surface area contributed by atoms with E-state index in [2.05, 4.69) is 215 Å². The van der Waals surface area contributed by atoms with Crippen molar-refractivity contribution in [3.8, 4) is 6.07 Å². The van der Waals surface area contributed by atoms with Crippen LogP contribution in [0.2, 0.25) is 0 Å². The van der Waals surface area contributed by atoms with Crippen LogP contribution in [-0.2, 0) is 0 Å². The van der Waals surface area contributed by atoms with Crippen LogP contribution in [0.25, 0.3) is 65.4 Å². The van der Waals surface area contributed by atoms with E-state index in [0.29, 0.717) is 28.6 Å². The topological polar surface area (TPSA) is 56.6 Å². The molecule has 11 rings (SSSR count). The molecule has 0 aliphatic heterocycles. The zero-order valence-electron chi connectivity index (χ0n) is 36.9. The molecule has 0 amide bonds. The minimum absolute atomic E-state index is 0.343. The lowest BCUT2D eigenvalue weighted by Crippen LogP contribution is -2.13. The van der Waals surface area contributed by atoms with Crippen molar-refractivity contribution in [2.45, 2.75) is 53.4 Å². The molecule has 0 unspecified atom stereocenters. The maximum Gasteiger partial charge on any atom is 0.140 e. The molecular weight excluding hydrogens is 783 g/mol. The molecule has 64 heavy (non-hydrogen) atoms. The van der Waals surface area contributed by atoms with E-state index in [4.69, 9.17) is 8.83 Å². The molecule has 0 saturated carbocycles. The molecule has 0 aliphatic carbocycles. The van der Waals surface area contributed by atoms with Gasteiger partial charge in [-0.3, -0.25) is 0 Å². The largest absolute Gasteiger partial charge is 0.456 e. The zero-order chi connectivity index (χ0) is 43.8. The summed E-state index contributed by atoms with van der Waals surface area (Å²) in [5.74, 6) is 0.686. The second-order valence-electron chi connectivity index (χ2n) is 17.7. The average Bonchev–Trinajstić information content (AvgIpc) is 3.84. The Labute approximate surface area is 373 Å². The summed E-state index contributed by atoms with van der Waals surface area (Å²) in [6.45, 7) is 13.3. The molecule has 5 heteroatoms. The van der Waals surface area contributed by atoms with E-state index >= 15 is 0 Å². The number of nitriles is 1. The third kappa shape index (κ3) is 6.28. The third-order valence-electron chi connectivity index (χ3n) is 13.0. The predicted molar refractivity (Wildman–Crippen MR) is 268 cm³/mol. The highest BCUT2D eigenvalue weighted by molar-refractivity contribution is 6.22. The molecular formula is C59H47N3O2. The summed E-state index contributed by atoms with van der Waals surface area (Å²) < 4.78 is 13.3. The molecule has 2 heterocycles. The fourth-order valence-electron chi connectivity index (χ4n) is 9.85. The van der Waals surface area contributed by atoms with Gasteiger partial charge in [-0.1, -0.05) is 113 Å². The molecule has 0 radical (unpaired) electrons. The Morgan fingerprint density at radius 2 is 0.828 bits per heavy atom. The van der Waals surface area contributed by atoms with Crippen LogP contribution in [0.1, 0.15) is 67.3 Å². The van der Waals surface area contributed by atoms with Gasteiger partial charge in [-0.15, -0.1) is 0 Å². The maximum atomic E-state index is 11.0. The Balaban J connectivity index is 1.05. The third-order valence-corrected chi connectivity index (χ3v) is 13.0. The van der Waals surface area contributed by atoms with E-state index in [-0.39, 0.29) is 0 Å². The molecule has 9 aromatic carbocycles. The van der Waals surface area contributed by atoms with Crippen molar-refractivity contribution >= 4 is 99.5 Å². The highest BCUT2D eigenvalue weighted by Gasteiger charge is 2.24. The van der Waals surface area contributed by atoms with Crippen LogP contribution >= 0.6 is 0 Å². The van der Waals surface area contributed by atoms with Crippen molar-refractivity contribution in [1.29, 1.82) is 5.26 Å². The van der Waals surface area contributed by atoms with E-state index in [1.54, 1.807) is 0 Å². The number of fused-ring (bicyclic) bond motifs is 8. The number of aryl methyl sites for hydroxylation is 2. The molecule has 11 aromatic rings. The summed E-state index contributed by atoms with van der Waals surface area (Å²) in [6, 6.07) is 60.8. The predicted octanol–water partition coefficient (Wildman–Crippen LogP) is 17.5. The van der Waals surface area contributed by atoms with Gasteiger partial charge in [-0.25, -0.2) is 0 Å². The lowest BCUT2D eigenvalue weighted by atomic mass is 9.97. The van der Waals surface area contributed by atoms with Crippen molar-refractivity contribution in [3.05, 3.63) is 192 Å². The van der Waals surface area contributed by atoms with Gasteiger partial charge in [0.25, 0.3) is 0 Å². The number of hydrogen-bond donors (Lipinski definition) is 0. The van der Waals surface area contributed by atoms with Crippen LogP contribution in [0, 0.1) is 25.2 Å². The van der Waals surface area contributed by atoms with Crippen LogP contribution in [0.15, 0.2) is 173 Å². The van der Waals surface area contributed by atoms with Gasteiger partial charge in [0.2, 0.25) is 0 Å². The van der Waals surface area contributed by atoms with Crippen molar-refractivity contribution in [2.75, 3.05) is 9.80 Å². The maximum absolute atomic E-state index is 11.0. The molecule has 0 spiro atoms. The first-order chi connectivity index (χ1) is 31.2. The van der Waals surface area contributed by atoms with Gasteiger partial charge < -0.3 is 18.6 Å². The van der Waals surface area contributed by atoms with Crippen LogP contribution < -0.4 is 9.80 Å². The van der Waals surface area contributed by atoms with Gasteiger partial charge in [0.05, 0.1) is 5.56 Å². The van der Waals surface area contributed by atoms with Gasteiger partial charge in [0.1, 0.15) is 28.4 Å². The van der Waals surface area contributed by atoms with Crippen LogP contribution in [-0.4, -0.2) is 0 Å². The van der Waals surface area contributed by atoms with Crippen LogP contribution in [0.4, 0.5) is 34.1 Å². The Hall–Kier alpha value is -7.81. The van der Waals surface area contributed by atoms with Crippen molar-refractivity contribution in [1.82, 2.24) is 0 Å². The molecule has 2 aromatic heterocycles. The first kappa shape index (κ1) is 39.1. The van der Waals surface area contributed by atoms with Crippen molar-refractivity contribution < 1.29 is 8.83 Å². The monoisotopic (exact) mass is 829 g/mol. The zero-order valence-corrected chi connectivity index (χ0v) is 36.9. The highest BCUT2D eigenvalue weighted by atomic mass is 16.3. The van der Waals surface area contributed by atoms with Crippen LogP contribution in [0.3, 0.4) is 0 Å². The smallest absolute Gasteiger partial charge is 0.140 e. The fourth-order valence-corrected chi connectivity index (χ4v) is 9.85. The van der Waals surface area contributed by atoms with Crippen molar-refractivity contribution in [3.63, 3.8) is 0 Å². The Kier molecular flexibility index (Phi) is 9.29. The average molecular weight is 830 g/mol. The molecule has 0 bridgehead atoms. The number of furan rings is 2. The van der Waals surface area contributed by atoms with Gasteiger partial charge in [-0.2, -0.15) is 5.26 Å². The second kappa shape index (κ2) is 15.2. The summed E-state index contributed by atoms with van der Waals surface area (Å²) in [6.07, 6.45) is 0. The number of hydrogen-bond acceptors (Lipinski definition) is 5. The number of para-hydroxylation sites is 4. The number of nitrogens with zero attached hydrogens (tertiary/aromatic N) is 3. The molecule has 0 saturated heterocycles. The van der Waals surface area contributed by atoms with Gasteiger partial charge in [0, 0.05) is 61.7 Å². The summed E-state index contributed by atoms with van der Waals surface area (Å²) >= 11 is 0. The summed E-state index contributed by atoms with van der Waals surface area (Å²) in [7, 11) is 0. The van der Waals surface area contributed by atoms with E-state index in [9.17, 15) is 5.26 Å². The van der Waals surface area contributed by atoms with E-state index < -0.39 is 0 Å². The number of anilines is 6. The Bertz CT molecular complexity index is 3460.